The van der Waals surface area contributed by atoms with Crippen molar-refractivity contribution in [2.24, 2.45) is 5.92 Å². The summed E-state index contributed by atoms with van der Waals surface area (Å²) in [5.41, 5.74) is 0.934. The number of benzene rings is 1. The summed E-state index contributed by atoms with van der Waals surface area (Å²) in [7, 11) is 0. The van der Waals surface area contributed by atoms with Crippen molar-refractivity contribution in [2.75, 3.05) is 6.54 Å². The van der Waals surface area contributed by atoms with E-state index in [0.717, 1.165) is 16.5 Å². The van der Waals surface area contributed by atoms with Gasteiger partial charge in [0.2, 0.25) is 5.91 Å². The van der Waals surface area contributed by atoms with Crippen molar-refractivity contribution in [3.05, 3.63) is 42.2 Å². The van der Waals surface area contributed by atoms with Crippen LogP contribution in [0.3, 0.4) is 0 Å². The summed E-state index contributed by atoms with van der Waals surface area (Å²) < 4.78 is 0. The Morgan fingerprint density at radius 2 is 2.21 bits per heavy atom. The molecule has 3 heteroatoms. The van der Waals surface area contributed by atoms with E-state index < -0.39 is 0 Å². The monoisotopic (exact) mass is 250 g/mol. The molecule has 94 valence electrons. The fourth-order valence-electron chi connectivity index (χ4n) is 2.53. The van der Waals surface area contributed by atoms with Gasteiger partial charge in [-0.2, -0.15) is 0 Å². The summed E-state index contributed by atoms with van der Waals surface area (Å²) in [6.45, 7) is 1.18. The number of pyridine rings is 1. The highest BCUT2D eigenvalue weighted by Crippen LogP contribution is 2.22. The van der Waals surface area contributed by atoms with Crippen LogP contribution in [0.4, 0.5) is 0 Å². The van der Waals surface area contributed by atoms with Crippen LogP contribution in [-0.4, -0.2) is 22.3 Å². The van der Waals surface area contributed by atoms with Gasteiger partial charge < -0.3 is 4.90 Å². The van der Waals surface area contributed by atoms with E-state index >= 15 is 0 Å². The van der Waals surface area contributed by atoms with Gasteiger partial charge in [0, 0.05) is 30.5 Å². The van der Waals surface area contributed by atoms with E-state index in [1.165, 1.54) is 0 Å². The Labute approximate surface area is 112 Å². The topological polar surface area (TPSA) is 33.2 Å². The van der Waals surface area contributed by atoms with E-state index in [2.05, 4.69) is 17.0 Å². The lowest BCUT2D eigenvalue weighted by Gasteiger charge is -2.16. The fourth-order valence-corrected chi connectivity index (χ4v) is 2.53. The Morgan fingerprint density at radius 3 is 3.00 bits per heavy atom. The van der Waals surface area contributed by atoms with Crippen molar-refractivity contribution >= 4 is 16.7 Å². The van der Waals surface area contributed by atoms with E-state index in [9.17, 15) is 4.79 Å². The minimum absolute atomic E-state index is 0.0440. The second-order valence-electron chi connectivity index (χ2n) is 4.82. The van der Waals surface area contributed by atoms with Gasteiger partial charge in [-0.15, -0.1) is 12.3 Å². The summed E-state index contributed by atoms with van der Waals surface area (Å²) in [5, 5.41) is 2.25. The summed E-state index contributed by atoms with van der Waals surface area (Å²) >= 11 is 0. The Hall–Kier alpha value is -2.34. The molecule has 1 aliphatic rings. The average molecular weight is 250 g/mol. The number of carbonyl (C=O) groups is 1. The first-order valence-electron chi connectivity index (χ1n) is 6.34. The number of nitrogens with zero attached hydrogens (tertiary/aromatic N) is 2. The lowest BCUT2D eigenvalue weighted by Crippen LogP contribution is -2.25. The first-order chi connectivity index (χ1) is 9.28. The molecule has 2 heterocycles. The standard InChI is InChI=1S/C16H14N2O/c1-2-12-9-16(19)18(10-12)11-15-14-6-4-3-5-13(14)7-8-17-15/h1,3-8,12H,9-11H2. The van der Waals surface area contributed by atoms with Crippen molar-refractivity contribution in [3.8, 4) is 12.3 Å². The van der Waals surface area contributed by atoms with Gasteiger partial charge in [-0.1, -0.05) is 24.3 Å². The van der Waals surface area contributed by atoms with Crippen LogP contribution in [0.5, 0.6) is 0 Å². The van der Waals surface area contributed by atoms with Gasteiger partial charge in [-0.25, -0.2) is 0 Å². The minimum Gasteiger partial charge on any atom is -0.335 e. The number of hydrogen-bond acceptors (Lipinski definition) is 2. The van der Waals surface area contributed by atoms with Gasteiger partial charge in [0.15, 0.2) is 0 Å². The maximum Gasteiger partial charge on any atom is 0.224 e. The predicted molar refractivity (Wildman–Crippen MR) is 74.1 cm³/mol. The van der Waals surface area contributed by atoms with Gasteiger partial charge in [-0.05, 0) is 11.5 Å². The zero-order valence-electron chi connectivity index (χ0n) is 10.5. The molecule has 3 nitrogen and oxygen atoms in total. The quantitative estimate of drug-likeness (QED) is 0.766. The molecule has 0 bridgehead atoms. The van der Waals surface area contributed by atoms with Crippen LogP contribution in [0.15, 0.2) is 36.5 Å². The van der Waals surface area contributed by atoms with Crippen LogP contribution in [0, 0.1) is 18.3 Å². The molecule has 0 aliphatic carbocycles. The van der Waals surface area contributed by atoms with Gasteiger partial charge in [0.25, 0.3) is 0 Å². The van der Waals surface area contributed by atoms with E-state index in [4.69, 9.17) is 6.42 Å². The maximum atomic E-state index is 11.9. The van der Waals surface area contributed by atoms with Gasteiger partial charge in [-0.3, -0.25) is 9.78 Å². The number of likely N-dealkylation sites (tertiary alicyclic amines) is 1. The third kappa shape index (κ3) is 2.17. The van der Waals surface area contributed by atoms with Crippen LogP contribution in [0.1, 0.15) is 12.1 Å². The molecule has 3 rings (SSSR count). The number of aromatic nitrogens is 1. The number of amides is 1. The fraction of sp³-hybridized carbons (Fsp3) is 0.250. The first-order valence-corrected chi connectivity index (χ1v) is 6.34. The van der Waals surface area contributed by atoms with Crippen LogP contribution >= 0.6 is 0 Å². The number of carbonyl (C=O) groups excluding carboxylic acids is 1. The molecule has 0 N–H and O–H groups in total. The van der Waals surface area contributed by atoms with Crippen LogP contribution < -0.4 is 0 Å². The molecule has 0 spiro atoms. The number of hydrogen-bond donors (Lipinski definition) is 0. The van der Waals surface area contributed by atoms with E-state index in [1.807, 2.05) is 24.3 Å². The maximum absolute atomic E-state index is 11.9. The van der Waals surface area contributed by atoms with Crippen molar-refractivity contribution in [1.82, 2.24) is 9.88 Å². The summed E-state index contributed by atoms with van der Waals surface area (Å²) in [6.07, 6.45) is 7.65. The third-order valence-electron chi connectivity index (χ3n) is 3.55. The Kier molecular flexibility index (Phi) is 2.92. The Balaban J connectivity index is 1.90. The Bertz CT molecular complexity index is 666. The second-order valence-corrected chi connectivity index (χ2v) is 4.82. The van der Waals surface area contributed by atoms with E-state index in [-0.39, 0.29) is 11.8 Å². The van der Waals surface area contributed by atoms with Gasteiger partial charge in [0.1, 0.15) is 0 Å². The first kappa shape index (κ1) is 11.7. The SMILES string of the molecule is C#CC1CC(=O)N(Cc2nccc3ccccc23)C1. The molecule has 1 atom stereocenters. The van der Waals surface area contributed by atoms with Crippen LogP contribution in [0.2, 0.25) is 0 Å². The predicted octanol–water partition coefficient (Wildman–Crippen LogP) is 2.22. The molecule has 1 aromatic heterocycles. The number of fused-ring (bicyclic) bond motifs is 1. The van der Waals surface area contributed by atoms with Crippen molar-refractivity contribution in [2.45, 2.75) is 13.0 Å². The highest BCUT2D eigenvalue weighted by molar-refractivity contribution is 5.85. The Morgan fingerprint density at radius 1 is 1.37 bits per heavy atom. The molecule has 2 aromatic rings. The number of terminal acetylenes is 1. The average Bonchev–Trinajstić information content (AvgIpc) is 2.80. The highest BCUT2D eigenvalue weighted by Gasteiger charge is 2.28. The van der Waals surface area contributed by atoms with Crippen molar-refractivity contribution in [3.63, 3.8) is 0 Å². The molecule has 1 saturated heterocycles. The molecule has 1 aromatic carbocycles. The largest absolute Gasteiger partial charge is 0.335 e. The lowest BCUT2D eigenvalue weighted by molar-refractivity contribution is -0.128. The van der Waals surface area contributed by atoms with Crippen molar-refractivity contribution in [1.29, 1.82) is 0 Å². The normalized spacial score (nSPS) is 18.8. The zero-order valence-corrected chi connectivity index (χ0v) is 10.5. The second kappa shape index (κ2) is 4.74. The molecule has 1 amide bonds. The van der Waals surface area contributed by atoms with E-state index in [1.54, 1.807) is 11.1 Å². The molecular formula is C16H14N2O. The zero-order chi connectivity index (χ0) is 13.2. The minimum atomic E-state index is 0.0440. The molecule has 0 saturated carbocycles. The van der Waals surface area contributed by atoms with Crippen LogP contribution in [0.25, 0.3) is 10.8 Å². The molecular weight excluding hydrogens is 236 g/mol. The third-order valence-corrected chi connectivity index (χ3v) is 3.55. The van der Waals surface area contributed by atoms with Gasteiger partial charge in [0.05, 0.1) is 12.2 Å². The van der Waals surface area contributed by atoms with Gasteiger partial charge >= 0.3 is 0 Å². The summed E-state index contributed by atoms with van der Waals surface area (Å²) in [4.78, 5) is 18.1. The lowest BCUT2D eigenvalue weighted by atomic mass is 10.1. The summed E-state index contributed by atoms with van der Waals surface area (Å²) in [5.74, 6) is 2.83. The summed E-state index contributed by atoms with van der Waals surface area (Å²) in [6, 6.07) is 10.1. The molecule has 1 aliphatic heterocycles. The molecule has 1 fully saturated rings. The highest BCUT2D eigenvalue weighted by atomic mass is 16.2. The van der Waals surface area contributed by atoms with E-state index in [0.29, 0.717) is 19.5 Å². The molecule has 19 heavy (non-hydrogen) atoms. The molecule has 0 radical (unpaired) electrons. The smallest absolute Gasteiger partial charge is 0.224 e. The number of rotatable bonds is 2. The molecule has 1 unspecified atom stereocenters. The van der Waals surface area contributed by atoms with Crippen molar-refractivity contribution < 1.29 is 4.79 Å². The van der Waals surface area contributed by atoms with Crippen LogP contribution in [-0.2, 0) is 11.3 Å².